The number of hydrogen-bond acceptors (Lipinski definition) is 3. The number of fused-ring (bicyclic) bond motifs is 1. The van der Waals surface area contributed by atoms with Crippen LogP contribution < -0.4 is 14.8 Å². The first-order valence-electron chi connectivity index (χ1n) is 10.7. The maximum absolute atomic E-state index is 13.0. The van der Waals surface area contributed by atoms with E-state index in [9.17, 15) is 9.18 Å². The van der Waals surface area contributed by atoms with Gasteiger partial charge in [0.15, 0.2) is 11.5 Å². The van der Waals surface area contributed by atoms with Gasteiger partial charge in [-0.05, 0) is 73.1 Å². The zero-order valence-electron chi connectivity index (χ0n) is 17.6. The van der Waals surface area contributed by atoms with E-state index < -0.39 is 0 Å². The molecule has 160 valence electrons. The smallest absolute Gasteiger partial charge is 0.220 e. The van der Waals surface area contributed by atoms with E-state index in [1.807, 2.05) is 18.2 Å². The lowest BCUT2D eigenvalue weighted by atomic mass is 10.0. The van der Waals surface area contributed by atoms with Crippen LogP contribution in [0.15, 0.2) is 49.0 Å². The van der Waals surface area contributed by atoms with Crippen LogP contribution in [0.4, 0.5) is 4.39 Å². The fourth-order valence-electron chi connectivity index (χ4n) is 3.55. The minimum atomic E-state index is -0.245. The Labute approximate surface area is 178 Å². The standard InChI is InChI=1S/C25H30FNO3/c1-3-22(16-19-8-13-23-24(17-19)30-15-14-29-23)27-25(28)7-5-4-6-18(2)20-9-11-21(26)12-10-20/h8-13,17,22H,2-7,14-16H2,1H3,(H,27,28)/t22-/m1/s1. The summed E-state index contributed by atoms with van der Waals surface area (Å²) in [5.74, 6) is 1.39. The van der Waals surface area contributed by atoms with Crippen molar-refractivity contribution in [2.75, 3.05) is 13.2 Å². The molecule has 0 saturated carbocycles. The number of unbranched alkanes of at least 4 members (excludes halogenated alkanes) is 1. The molecule has 5 heteroatoms. The minimum absolute atomic E-state index is 0.0757. The van der Waals surface area contributed by atoms with E-state index in [2.05, 4.69) is 18.8 Å². The topological polar surface area (TPSA) is 47.6 Å². The second-order valence-corrected chi connectivity index (χ2v) is 7.67. The fourth-order valence-corrected chi connectivity index (χ4v) is 3.55. The van der Waals surface area contributed by atoms with Gasteiger partial charge in [0, 0.05) is 12.5 Å². The first-order chi connectivity index (χ1) is 14.5. The highest BCUT2D eigenvalue weighted by Gasteiger charge is 2.15. The SMILES string of the molecule is C=C(CCCCC(=O)N[C@H](CC)Cc1ccc2c(c1)OCCO2)c1ccc(F)cc1. The van der Waals surface area contributed by atoms with Crippen molar-refractivity contribution in [3.63, 3.8) is 0 Å². The van der Waals surface area contributed by atoms with Crippen molar-refractivity contribution in [1.29, 1.82) is 0 Å². The van der Waals surface area contributed by atoms with Crippen molar-refractivity contribution < 1.29 is 18.7 Å². The van der Waals surface area contributed by atoms with Crippen LogP contribution in [0, 0.1) is 5.82 Å². The average Bonchev–Trinajstić information content (AvgIpc) is 2.76. The normalized spacial score (nSPS) is 13.5. The van der Waals surface area contributed by atoms with E-state index in [0.717, 1.165) is 60.3 Å². The summed E-state index contributed by atoms with van der Waals surface area (Å²) < 4.78 is 24.2. The summed E-state index contributed by atoms with van der Waals surface area (Å²) in [4.78, 5) is 12.4. The zero-order valence-corrected chi connectivity index (χ0v) is 17.6. The van der Waals surface area contributed by atoms with E-state index in [1.54, 1.807) is 12.1 Å². The summed E-state index contributed by atoms with van der Waals surface area (Å²) in [6.07, 6.45) is 4.60. The van der Waals surface area contributed by atoms with Gasteiger partial charge in [-0.1, -0.05) is 31.7 Å². The number of nitrogens with one attached hydrogen (secondary N) is 1. The Morgan fingerprint density at radius 2 is 1.77 bits per heavy atom. The van der Waals surface area contributed by atoms with Gasteiger partial charge in [0.2, 0.25) is 5.91 Å². The molecule has 1 atom stereocenters. The molecule has 0 fully saturated rings. The Morgan fingerprint density at radius 1 is 1.07 bits per heavy atom. The van der Waals surface area contributed by atoms with Crippen LogP contribution in [0.3, 0.4) is 0 Å². The molecule has 0 radical (unpaired) electrons. The van der Waals surface area contributed by atoms with Gasteiger partial charge >= 0.3 is 0 Å². The van der Waals surface area contributed by atoms with E-state index in [4.69, 9.17) is 9.47 Å². The van der Waals surface area contributed by atoms with Crippen LogP contribution in [0.5, 0.6) is 11.5 Å². The summed E-state index contributed by atoms with van der Waals surface area (Å²) in [6, 6.07) is 12.4. The number of rotatable bonds is 10. The van der Waals surface area contributed by atoms with Crippen molar-refractivity contribution >= 4 is 11.5 Å². The number of amides is 1. The monoisotopic (exact) mass is 411 g/mol. The quantitative estimate of drug-likeness (QED) is 0.539. The highest BCUT2D eigenvalue weighted by Crippen LogP contribution is 2.31. The number of halogens is 1. The van der Waals surface area contributed by atoms with Gasteiger partial charge < -0.3 is 14.8 Å². The Kier molecular flexibility index (Phi) is 7.89. The third-order valence-electron chi connectivity index (χ3n) is 5.33. The molecule has 1 amide bonds. The maximum atomic E-state index is 13.0. The molecule has 2 aromatic carbocycles. The van der Waals surface area contributed by atoms with Crippen LogP contribution in [0.2, 0.25) is 0 Å². The van der Waals surface area contributed by atoms with Crippen LogP contribution in [-0.2, 0) is 11.2 Å². The highest BCUT2D eigenvalue weighted by molar-refractivity contribution is 5.76. The lowest BCUT2D eigenvalue weighted by Crippen LogP contribution is -2.35. The predicted molar refractivity (Wildman–Crippen MR) is 117 cm³/mol. The van der Waals surface area contributed by atoms with Crippen molar-refractivity contribution in [3.05, 3.63) is 66.0 Å². The van der Waals surface area contributed by atoms with Crippen LogP contribution in [-0.4, -0.2) is 25.2 Å². The molecule has 1 aliphatic heterocycles. The second kappa shape index (κ2) is 10.8. The van der Waals surface area contributed by atoms with Gasteiger partial charge in [-0.25, -0.2) is 4.39 Å². The molecule has 0 saturated heterocycles. The lowest BCUT2D eigenvalue weighted by Gasteiger charge is -2.21. The molecule has 0 unspecified atom stereocenters. The number of hydrogen-bond donors (Lipinski definition) is 1. The molecule has 1 aliphatic rings. The highest BCUT2D eigenvalue weighted by atomic mass is 19.1. The van der Waals surface area contributed by atoms with Gasteiger partial charge in [0.25, 0.3) is 0 Å². The molecule has 1 heterocycles. The maximum Gasteiger partial charge on any atom is 0.220 e. The van der Waals surface area contributed by atoms with E-state index in [1.165, 1.54) is 12.1 Å². The second-order valence-electron chi connectivity index (χ2n) is 7.67. The Morgan fingerprint density at radius 3 is 2.50 bits per heavy atom. The van der Waals surface area contributed by atoms with Crippen LogP contribution in [0.25, 0.3) is 5.57 Å². The number of ether oxygens (including phenoxy) is 2. The van der Waals surface area contributed by atoms with Gasteiger partial charge in [0.1, 0.15) is 19.0 Å². The van der Waals surface area contributed by atoms with Gasteiger partial charge in [-0.2, -0.15) is 0 Å². The molecular formula is C25H30FNO3. The van der Waals surface area contributed by atoms with Crippen molar-refractivity contribution in [1.82, 2.24) is 5.32 Å². The first kappa shape index (κ1) is 21.9. The van der Waals surface area contributed by atoms with Gasteiger partial charge in [0.05, 0.1) is 0 Å². The Bertz CT molecular complexity index is 863. The summed E-state index contributed by atoms with van der Waals surface area (Å²) >= 11 is 0. The molecule has 3 rings (SSSR count). The third kappa shape index (κ3) is 6.34. The van der Waals surface area contributed by atoms with E-state index in [0.29, 0.717) is 19.6 Å². The summed E-state index contributed by atoms with van der Waals surface area (Å²) in [6.45, 7) is 7.30. The third-order valence-corrected chi connectivity index (χ3v) is 5.33. The number of allylic oxidation sites excluding steroid dienone is 1. The summed E-state index contributed by atoms with van der Waals surface area (Å²) in [5.41, 5.74) is 3.05. The van der Waals surface area contributed by atoms with Gasteiger partial charge in [-0.3, -0.25) is 4.79 Å². The fraction of sp³-hybridized carbons (Fsp3) is 0.400. The molecule has 0 aromatic heterocycles. The van der Waals surface area contributed by atoms with Crippen molar-refractivity contribution in [2.24, 2.45) is 0 Å². The molecule has 0 spiro atoms. The van der Waals surface area contributed by atoms with E-state index in [-0.39, 0.29) is 17.8 Å². The average molecular weight is 412 g/mol. The Balaban J connectivity index is 1.39. The predicted octanol–water partition coefficient (Wildman–Crippen LogP) is 5.31. The lowest BCUT2D eigenvalue weighted by molar-refractivity contribution is -0.121. The molecule has 4 nitrogen and oxygen atoms in total. The summed E-state index contributed by atoms with van der Waals surface area (Å²) in [5, 5.41) is 3.15. The van der Waals surface area contributed by atoms with Crippen LogP contribution >= 0.6 is 0 Å². The first-order valence-corrected chi connectivity index (χ1v) is 10.7. The summed E-state index contributed by atoms with van der Waals surface area (Å²) in [7, 11) is 0. The number of benzene rings is 2. The number of carbonyl (C=O) groups is 1. The Hall–Kier alpha value is -2.82. The minimum Gasteiger partial charge on any atom is -0.486 e. The molecule has 0 aliphatic carbocycles. The molecule has 1 N–H and O–H groups in total. The zero-order chi connectivity index (χ0) is 21.3. The van der Waals surface area contributed by atoms with Crippen LogP contribution in [0.1, 0.15) is 50.2 Å². The van der Waals surface area contributed by atoms with Crippen molar-refractivity contribution in [3.8, 4) is 11.5 Å². The van der Waals surface area contributed by atoms with Crippen molar-refractivity contribution in [2.45, 2.75) is 51.5 Å². The molecular weight excluding hydrogens is 381 g/mol. The number of carbonyl (C=O) groups excluding carboxylic acids is 1. The molecule has 0 bridgehead atoms. The molecule has 30 heavy (non-hydrogen) atoms. The molecule has 2 aromatic rings. The largest absolute Gasteiger partial charge is 0.486 e. The van der Waals surface area contributed by atoms with Gasteiger partial charge in [-0.15, -0.1) is 0 Å². The van der Waals surface area contributed by atoms with E-state index >= 15 is 0 Å².